The van der Waals surface area contributed by atoms with Gasteiger partial charge >= 0.3 is 0 Å². The zero-order valence-corrected chi connectivity index (χ0v) is 11.0. The number of hydrogen-bond donors (Lipinski definition) is 1. The summed E-state index contributed by atoms with van der Waals surface area (Å²) in [5.74, 6) is 6.93. The number of nitrogens with two attached hydrogens (primary N) is 1. The minimum Gasteiger partial charge on any atom is -0.497 e. The molecule has 4 heteroatoms. The summed E-state index contributed by atoms with van der Waals surface area (Å²) in [5.41, 5.74) is 1.66. The van der Waals surface area contributed by atoms with Crippen molar-refractivity contribution in [1.29, 1.82) is 0 Å². The first-order valence-electron chi connectivity index (χ1n) is 6.23. The quantitative estimate of drug-likeness (QED) is 0.573. The highest BCUT2D eigenvalue weighted by molar-refractivity contribution is 5.79. The summed E-state index contributed by atoms with van der Waals surface area (Å²) in [6.45, 7) is 0. The van der Waals surface area contributed by atoms with Gasteiger partial charge in [-0.15, -0.1) is 0 Å². The second-order valence-electron chi connectivity index (χ2n) is 4.35. The summed E-state index contributed by atoms with van der Waals surface area (Å²) in [7, 11) is 1.62. The van der Waals surface area contributed by atoms with Crippen LogP contribution in [0.5, 0.6) is 5.75 Å². The fourth-order valence-corrected chi connectivity index (χ4v) is 2.13. The molecular formula is C16H14N2O2. The Kier molecular flexibility index (Phi) is 3.13. The lowest BCUT2D eigenvalue weighted by molar-refractivity contribution is 0.414. The third-order valence-electron chi connectivity index (χ3n) is 3.15. The molecule has 0 aliphatic carbocycles. The van der Waals surface area contributed by atoms with Gasteiger partial charge in [0.2, 0.25) is 0 Å². The van der Waals surface area contributed by atoms with Gasteiger partial charge in [0.25, 0.3) is 0 Å². The van der Waals surface area contributed by atoms with E-state index in [2.05, 4.69) is 5.10 Å². The maximum Gasteiger partial charge on any atom is 0.140 e. The van der Waals surface area contributed by atoms with Crippen molar-refractivity contribution in [3.63, 3.8) is 0 Å². The molecular weight excluding hydrogens is 252 g/mol. The Bertz CT molecular complexity index is 808. The minimum atomic E-state index is 0.688. The van der Waals surface area contributed by atoms with Crippen molar-refractivity contribution in [2.75, 3.05) is 7.11 Å². The standard InChI is InChI=1S/C16H14N2O2/c1-19-12-7-8-13-14(18-17)10-15(20-16(13)9-12)11-5-3-2-4-6-11/h2-10H,17H2,1H3. The highest BCUT2D eigenvalue weighted by Gasteiger charge is 2.06. The molecule has 0 fully saturated rings. The van der Waals surface area contributed by atoms with E-state index < -0.39 is 0 Å². The molecule has 100 valence electrons. The first kappa shape index (κ1) is 12.3. The molecule has 0 atom stereocenters. The van der Waals surface area contributed by atoms with Crippen LogP contribution in [0.25, 0.3) is 22.3 Å². The molecule has 4 nitrogen and oxygen atoms in total. The van der Waals surface area contributed by atoms with Crippen molar-refractivity contribution in [2.45, 2.75) is 0 Å². The molecule has 2 N–H and O–H groups in total. The topological polar surface area (TPSA) is 60.8 Å². The smallest absolute Gasteiger partial charge is 0.140 e. The molecule has 0 spiro atoms. The van der Waals surface area contributed by atoms with Crippen LogP contribution in [-0.2, 0) is 0 Å². The van der Waals surface area contributed by atoms with Gasteiger partial charge in [0.1, 0.15) is 17.1 Å². The fourth-order valence-electron chi connectivity index (χ4n) is 2.13. The van der Waals surface area contributed by atoms with Gasteiger partial charge in [0.05, 0.1) is 12.5 Å². The fraction of sp³-hybridized carbons (Fsp3) is 0.0625. The Labute approximate surface area is 116 Å². The zero-order valence-electron chi connectivity index (χ0n) is 11.0. The normalized spacial score (nSPS) is 11.8. The largest absolute Gasteiger partial charge is 0.497 e. The highest BCUT2D eigenvalue weighted by Crippen LogP contribution is 2.24. The van der Waals surface area contributed by atoms with Crippen LogP contribution in [0.2, 0.25) is 0 Å². The molecule has 0 aliphatic heterocycles. The van der Waals surface area contributed by atoms with E-state index in [0.29, 0.717) is 10.9 Å². The van der Waals surface area contributed by atoms with Crippen molar-refractivity contribution < 1.29 is 9.15 Å². The summed E-state index contributed by atoms with van der Waals surface area (Å²) < 4.78 is 11.2. The van der Waals surface area contributed by atoms with E-state index in [-0.39, 0.29) is 0 Å². The van der Waals surface area contributed by atoms with E-state index in [4.69, 9.17) is 15.0 Å². The van der Waals surface area contributed by atoms with Crippen molar-refractivity contribution in [1.82, 2.24) is 0 Å². The van der Waals surface area contributed by atoms with Crippen LogP contribution in [0.4, 0.5) is 0 Å². The Morgan fingerprint density at radius 3 is 2.55 bits per heavy atom. The van der Waals surface area contributed by atoms with Gasteiger partial charge in [0, 0.05) is 23.1 Å². The number of hydrogen-bond acceptors (Lipinski definition) is 4. The molecule has 0 amide bonds. The minimum absolute atomic E-state index is 0.688. The SMILES string of the molecule is COc1ccc2c(=NN)cc(-c3ccccc3)oc2c1. The third kappa shape index (κ3) is 2.12. The number of methoxy groups -OCH3 is 1. The van der Waals surface area contributed by atoms with Gasteiger partial charge in [-0.2, -0.15) is 5.10 Å². The maximum absolute atomic E-state index is 5.94. The summed E-state index contributed by atoms with van der Waals surface area (Å²) in [6.07, 6.45) is 0. The summed E-state index contributed by atoms with van der Waals surface area (Å²) in [4.78, 5) is 0. The molecule has 0 saturated heterocycles. The molecule has 3 rings (SSSR count). The lowest BCUT2D eigenvalue weighted by atomic mass is 10.1. The van der Waals surface area contributed by atoms with Crippen LogP contribution in [-0.4, -0.2) is 7.11 Å². The maximum atomic E-state index is 5.94. The van der Waals surface area contributed by atoms with E-state index in [0.717, 1.165) is 22.5 Å². The van der Waals surface area contributed by atoms with Crippen LogP contribution in [0.15, 0.2) is 64.1 Å². The first-order chi connectivity index (χ1) is 9.81. The second-order valence-corrected chi connectivity index (χ2v) is 4.35. The molecule has 2 aromatic carbocycles. The van der Waals surface area contributed by atoms with Crippen molar-refractivity contribution in [3.8, 4) is 17.1 Å². The van der Waals surface area contributed by atoms with Crippen LogP contribution >= 0.6 is 0 Å². The Morgan fingerprint density at radius 1 is 1.05 bits per heavy atom. The number of nitrogens with zero attached hydrogens (tertiary/aromatic N) is 1. The molecule has 20 heavy (non-hydrogen) atoms. The predicted octanol–water partition coefficient (Wildman–Crippen LogP) is 2.88. The van der Waals surface area contributed by atoms with E-state index in [1.807, 2.05) is 54.6 Å². The van der Waals surface area contributed by atoms with Gasteiger partial charge in [-0.25, -0.2) is 0 Å². The van der Waals surface area contributed by atoms with E-state index in [1.165, 1.54) is 0 Å². The number of fused-ring (bicyclic) bond motifs is 1. The van der Waals surface area contributed by atoms with Crippen LogP contribution < -0.4 is 15.9 Å². The summed E-state index contributed by atoms with van der Waals surface area (Å²) in [5, 5.41) is 5.38. The van der Waals surface area contributed by atoms with Crippen molar-refractivity contribution in [2.24, 2.45) is 10.9 Å². The van der Waals surface area contributed by atoms with E-state index in [9.17, 15) is 0 Å². The van der Waals surface area contributed by atoms with E-state index >= 15 is 0 Å². The number of rotatable bonds is 2. The van der Waals surface area contributed by atoms with Gasteiger partial charge in [0.15, 0.2) is 0 Å². The Balaban J connectivity index is 2.30. The summed E-state index contributed by atoms with van der Waals surface area (Å²) >= 11 is 0. The Hall–Kier alpha value is -2.75. The van der Waals surface area contributed by atoms with E-state index in [1.54, 1.807) is 7.11 Å². The van der Waals surface area contributed by atoms with Gasteiger partial charge in [-0.05, 0) is 12.1 Å². The zero-order chi connectivity index (χ0) is 13.9. The number of ether oxygens (including phenoxy) is 1. The van der Waals surface area contributed by atoms with Crippen LogP contribution in [0.3, 0.4) is 0 Å². The molecule has 1 aromatic heterocycles. The molecule has 0 radical (unpaired) electrons. The Morgan fingerprint density at radius 2 is 1.85 bits per heavy atom. The molecule has 3 aromatic rings. The van der Waals surface area contributed by atoms with Gasteiger partial charge in [-0.3, -0.25) is 0 Å². The molecule has 1 heterocycles. The van der Waals surface area contributed by atoms with Gasteiger partial charge < -0.3 is 15.0 Å². The molecule has 0 unspecified atom stereocenters. The number of benzene rings is 2. The van der Waals surface area contributed by atoms with Crippen molar-refractivity contribution in [3.05, 3.63) is 60.0 Å². The van der Waals surface area contributed by atoms with Crippen LogP contribution in [0, 0.1) is 0 Å². The molecule has 0 aliphatic rings. The lowest BCUT2D eigenvalue weighted by Crippen LogP contribution is -2.07. The lowest BCUT2D eigenvalue weighted by Gasteiger charge is -2.06. The molecule has 0 saturated carbocycles. The van der Waals surface area contributed by atoms with Gasteiger partial charge in [-0.1, -0.05) is 30.3 Å². The second kappa shape index (κ2) is 5.09. The van der Waals surface area contributed by atoms with Crippen LogP contribution in [0.1, 0.15) is 0 Å². The molecule has 0 bridgehead atoms. The average molecular weight is 266 g/mol. The first-order valence-corrected chi connectivity index (χ1v) is 6.23. The monoisotopic (exact) mass is 266 g/mol. The average Bonchev–Trinajstić information content (AvgIpc) is 2.54. The van der Waals surface area contributed by atoms with Crippen molar-refractivity contribution >= 4 is 11.0 Å². The highest BCUT2D eigenvalue weighted by atomic mass is 16.5. The summed E-state index contributed by atoms with van der Waals surface area (Å²) in [6, 6.07) is 17.2. The third-order valence-corrected chi connectivity index (χ3v) is 3.15. The predicted molar refractivity (Wildman–Crippen MR) is 78.0 cm³/mol.